The molecule has 0 aromatic heterocycles. The second-order valence-corrected chi connectivity index (χ2v) is 16.4. The summed E-state index contributed by atoms with van der Waals surface area (Å²) in [4.78, 5) is 0. The second kappa shape index (κ2) is 9.16. The molecule has 0 amide bonds. The molecule has 0 aliphatic carbocycles. The molecule has 2 heterocycles. The quantitative estimate of drug-likeness (QED) is 0.348. The number of benzene rings is 3. The highest BCUT2D eigenvalue weighted by atomic mass is 35.5. The van der Waals surface area contributed by atoms with Crippen LogP contribution in [0.15, 0.2) is 36.4 Å². The summed E-state index contributed by atoms with van der Waals surface area (Å²) < 4.78 is 33.7. The zero-order valence-electron chi connectivity index (χ0n) is 23.5. The van der Waals surface area contributed by atoms with Crippen molar-refractivity contribution < 1.29 is 21.2 Å². The van der Waals surface area contributed by atoms with Gasteiger partial charge in [-0.05, 0) is 97.4 Å². The largest absolute Gasteiger partial charge is 1.00 e. The molecule has 0 bridgehead atoms. The zero-order valence-corrected chi connectivity index (χ0v) is 25.3. The van der Waals surface area contributed by atoms with Crippen LogP contribution in [0.2, 0.25) is 13.1 Å². The smallest absolute Gasteiger partial charge is 0.203 e. The van der Waals surface area contributed by atoms with E-state index in [9.17, 15) is 0 Å². The predicted molar refractivity (Wildman–Crippen MR) is 150 cm³/mol. The van der Waals surface area contributed by atoms with E-state index in [0.29, 0.717) is 5.92 Å². The van der Waals surface area contributed by atoms with Gasteiger partial charge in [0.05, 0.1) is 0 Å². The van der Waals surface area contributed by atoms with Gasteiger partial charge in [0.25, 0.3) is 0 Å². The van der Waals surface area contributed by atoms with Crippen LogP contribution in [0.5, 0.6) is 0 Å². The van der Waals surface area contributed by atoms with Crippen molar-refractivity contribution in [3.63, 3.8) is 0 Å². The fourth-order valence-corrected chi connectivity index (χ4v) is 10.3. The van der Waals surface area contributed by atoms with E-state index < -0.39 is 13.9 Å². The molecule has 37 heavy (non-hydrogen) atoms. The molecule has 196 valence electrons. The third-order valence-electron chi connectivity index (χ3n) is 8.78. The molecule has 2 aliphatic heterocycles. The van der Waals surface area contributed by atoms with Crippen LogP contribution < -0.4 is 37.9 Å². The van der Waals surface area contributed by atoms with Gasteiger partial charge in [0.1, 0.15) is 26.3 Å². The van der Waals surface area contributed by atoms with Crippen LogP contribution in [0, 0.1) is 32.4 Å². The molecule has 0 fully saturated rings. The van der Waals surface area contributed by atoms with E-state index in [1.54, 1.807) is 13.0 Å². The van der Waals surface area contributed by atoms with Gasteiger partial charge in [-0.25, -0.2) is 13.4 Å². The minimum Gasteiger partial charge on any atom is -1.00 e. The molecule has 0 saturated heterocycles. The number of halogens is 3. The fraction of sp³-hybridized carbons (Fsp3) is 0.406. The van der Waals surface area contributed by atoms with Crippen LogP contribution in [0.3, 0.4) is 0 Å². The molecule has 0 radical (unpaired) electrons. The first kappa shape index (κ1) is 27.7. The van der Waals surface area contributed by atoms with Gasteiger partial charge in [-0.3, -0.25) is 0 Å². The van der Waals surface area contributed by atoms with Gasteiger partial charge in [-0.1, -0.05) is 43.8 Å². The Bertz CT molecular complexity index is 1570. The summed E-state index contributed by atoms with van der Waals surface area (Å²) in [7, 11) is -2.49. The van der Waals surface area contributed by atoms with Crippen molar-refractivity contribution in [2.24, 2.45) is 0 Å². The number of hydrogen-bond acceptors (Lipinski definition) is 0. The van der Waals surface area contributed by atoms with Gasteiger partial charge in [-0.2, -0.15) is 0 Å². The van der Waals surface area contributed by atoms with Crippen LogP contribution in [0.4, 0.5) is 8.78 Å². The molecular formula is C32H38ClF2NSi. The molecule has 1 unspecified atom stereocenters. The Labute approximate surface area is 227 Å². The molecule has 3 aromatic carbocycles. The van der Waals surface area contributed by atoms with E-state index in [1.165, 1.54) is 21.7 Å². The molecular weight excluding hydrogens is 500 g/mol. The van der Waals surface area contributed by atoms with Crippen LogP contribution in [-0.2, 0) is 0 Å². The lowest BCUT2D eigenvalue weighted by Gasteiger charge is -2.36. The minimum absolute atomic E-state index is 0. The van der Waals surface area contributed by atoms with Gasteiger partial charge in [-0.15, -0.1) is 0 Å². The van der Waals surface area contributed by atoms with Crippen molar-refractivity contribution in [2.45, 2.75) is 79.4 Å². The highest BCUT2D eigenvalue weighted by molar-refractivity contribution is 7.01. The molecule has 5 heteroatoms. The van der Waals surface area contributed by atoms with Crippen molar-refractivity contribution in [2.75, 3.05) is 6.54 Å². The lowest BCUT2D eigenvalue weighted by atomic mass is 9.82. The SMILES string of the molecule is CC[N+]1=c2cc3c(cc2C(C)CC1(C)C)=C(c1ccc(C)cc1C)c1cc(F)c(C)c(F)c1[Si]3(C)C.[Cl-]. The average Bonchev–Trinajstić information content (AvgIpc) is 2.77. The summed E-state index contributed by atoms with van der Waals surface area (Å²) in [5.74, 6) is -0.429. The maximum Gasteiger partial charge on any atom is 0.203 e. The monoisotopic (exact) mass is 537 g/mol. The summed E-state index contributed by atoms with van der Waals surface area (Å²) in [6.07, 6.45) is 1.07. The standard InChI is InChI=1S/C32H38F2NSi.ClH/c1-10-35-27-16-28-24(14-23(27)20(4)17-32(35,6)7)29(22-12-11-18(2)13-19(22)3)25-15-26(33)21(5)30(34)31(25)36(28,8)9;/h11-16,20H,10,17H2,1-9H3;1H/q+1;/p-1. The predicted octanol–water partition coefficient (Wildman–Crippen LogP) is 2.07. The van der Waals surface area contributed by atoms with Crippen LogP contribution in [0.1, 0.15) is 73.4 Å². The Morgan fingerprint density at radius 3 is 2.30 bits per heavy atom. The van der Waals surface area contributed by atoms with Crippen molar-refractivity contribution in [3.8, 4) is 0 Å². The summed E-state index contributed by atoms with van der Waals surface area (Å²) in [5.41, 5.74) is 6.62. The Morgan fingerprint density at radius 2 is 1.68 bits per heavy atom. The Hall–Kier alpha value is -2.30. The normalized spacial score (nSPS) is 19.1. The number of aryl methyl sites for hydroxylation is 2. The second-order valence-electron chi connectivity index (χ2n) is 12.2. The molecule has 0 saturated carbocycles. The fourth-order valence-electron chi connectivity index (χ4n) is 7.04. The number of fused-ring (bicyclic) bond motifs is 3. The Balaban J connectivity index is 0.00000320. The highest BCUT2D eigenvalue weighted by Gasteiger charge is 2.43. The molecule has 0 spiro atoms. The summed E-state index contributed by atoms with van der Waals surface area (Å²) >= 11 is 0. The topological polar surface area (TPSA) is 3.01 Å². The number of hydrogen-bond donors (Lipinski definition) is 0. The van der Waals surface area contributed by atoms with Crippen LogP contribution in [0.25, 0.3) is 5.57 Å². The van der Waals surface area contributed by atoms with Gasteiger partial charge >= 0.3 is 0 Å². The van der Waals surface area contributed by atoms with E-state index in [-0.39, 0.29) is 29.3 Å². The molecule has 5 rings (SSSR count). The first-order chi connectivity index (χ1) is 16.8. The van der Waals surface area contributed by atoms with Gasteiger partial charge in [0, 0.05) is 23.6 Å². The van der Waals surface area contributed by atoms with Gasteiger partial charge < -0.3 is 12.4 Å². The van der Waals surface area contributed by atoms with Crippen molar-refractivity contribution in [1.82, 2.24) is 4.58 Å². The molecule has 1 atom stereocenters. The Kier molecular flexibility index (Phi) is 6.87. The molecule has 1 nitrogen and oxygen atoms in total. The van der Waals surface area contributed by atoms with Crippen LogP contribution in [-0.4, -0.2) is 20.2 Å². The van der Waals surface area contributed by atoms with Crippen LogP contribution >= 0.6 is 0 Å². The number of rotatable bonds is 2. The first-order valence-corrected chi connectivity index (χ1v) is 16.2. The third-order valence-corrected chi connectivity index (χ3v) is 12.3. The first-order valence-electron chi connectivity index (χ1n) is 13.2. The van der Waals surface area contributed by atoms with E-state index in [4.69, 9.17) is 0 Å². The van der Waals surface area contributed by atoms with Crippen molar-refractivity contribution in [3.05, 3.63) is 92.0 Å². The van der Waals surface area contributed by atoms with E-state index >= 15 is 8.78 Å². The minimum atomic E-state index is -2.49. The summed E-state index contributed by atoms with van der Waals surface area (Å²) in [6.45, 7) is 20.3. The Morgan fingerprint density at radius 1 is 1.00 bits per heavy atom. The highest BCUT2D eigenvalue weighted by Crippen LogP contribution is 2.32. The summed E-state index contributed by atoms with van der Waals surface area (Å²) in [5, 5.41) is 4.42. The lowest BCUT2D eigenvalue weighted by molar-refractivity contribution is -0.00000960. The molecule has 2 aliphatic rings. The van der Waals surface area contributed by atoms with Crippen molar-refractivity contribution >= 4 is 24.0 Å². The van der Waals surface area contributed by atoms with E-state index in [2.05, 4.69) is 89.5 Å². The van der Waals surface area contributed by atoms with Gasteiger partial charge in [0.15, 0.2) is 5.54 Å². The maximum atomic E-state index is 16.0. The average molecular weight is 538 g/mol. The van der Waals surface area contributed by atoms with Crippen molar-refractivity contribution in [1.29, 1.82) is 0 Å². The molecule has 3 aromatic rings. The zero-order chi connectivity index (χ0) is 26.3. The third kappa shape index (κ3) is 4.03. The summed E-state index contributed by atoms with van der Waals surface area (Å²) in [6, 6.07) is 12.8. The number of nitrogens with zero attached hydrogens (tertiary/aromatic N) is 1. The lowest BCUT2D eigenvalue weighted by Crippen LogP contribution is -3.00. The van der Waals surface area contributed by atoms with E-state index in [0.717, 1.165) is 45.6 Å². The van der Waals surface area contributed by atoms with E-state index in [1.807, 2.05) is 0 Å². The molecule has 0 N–H and O–H groups in total. The van der Waals surface area contributed by atoms with Gasteiger partial charge in [0.2, 0.25) is 5.36 Å². The maximum absolute atomic E-state index is 16.0.